The van der Waals surface area contributed by atoms with Gasteiger partial charge < -0.3 is 18.4 Å². The molecule has 4 aromatic rings. The third-order valence-electron chi connectivity index (χ3n) is 7.87. The number of non-ortho nitro benzene ring substituents is 1. The highest BCUT2D eigenvalue weighted by atomic mass is 31.2. The fraction of sp³-hybridized carbons (Fsp3) is 0.533. The summed E-state index contributed by atoms with van der Waals surface area (Å²) in [7, 11) is -1.79. The number of benzene rings is 1. The Labute approximate surface area is 266 Å². The van der Waals surface area contributed by atoms with Crippen LogP contribution in [0, 0.1) is 21.4 Å². The molecule has 4 heterocycles. The van der Waals surface area contributed by atoms with Crippen molar-refractivity contribution in [1.29, 1.82) is 5.26 Å². The number of nitrogens with zero attached hydrogens (tertiary/aromatic N) is 8. The number of fused-ring (bicyclic) bond motifs is 2. The van der Waals surface area contributed by atoms with E-state index in [9.17, 15) is 14.9 Å². The van der Waals surface area contributed by atoms with E-state index in [4.69, 9.17) is 24.0 Å². The van der Waals surface area contributed by atoms with Gasteiger partial charge in [0.1, 0.15) is 6.10 Å². The summed E-state index contributed by atoms with van der Waals surface area (Å²) in [5.74, 6) is 0.355. The molecule has 1 fully saturated rings. The van der Waals surface area contributed by atoms with E-state index in [-0.39, 0.29) is 47.5 Å². The highest BCUT2D eigenvalue weighted by molar-refractivity contribution is 7.44. The van der Waals surface area contributed by atoms with Gasteiger partial charge in [0.05, 0.1) is 36.5 Å². The van der Waals surface area contributed by atoms with Crippen LogP contribution >= 0.6 is 8.53 Å². The van der Waals surface area contributed by atoms with Crippen LogP contribution in [0.3, 0.4) is 0 Å². The van der Waals surface area contributed by atoms with E-state index in [2.05, 4.69) is 11.1 Å². The molecule has 0 saturated carbocycles. The molecule has 1 unspecified atom stereocenters. The molecule has 0 aliphatic carbocycles. The first-order valence-corrected chi connectivity index (χ1v) is 16.4. The monoisotopic (exact) mass is 656 g/mol. The second kappa shape index (κ2) is 14.3. The maximum absolute atomic E-state index is 16.1. The first-order chi connectivity index (χ1) is 22.0. The summed E-state index contributed by atoms with van der Waals surface area (Å²) >= 11 is 0. The number of alkyl halides is 1. The van der Waals surface area contributed by atoms with Crippen LogP contribution in [0.2, 0.25) is 0 Å². The van der Waals surface area contributed by atoms with Gasteiger partial charge in [-0.1, -0.05) is 19.1 Å². The minimum atomic E-state index is -1.79. The number of hydrogen-bond donors (Lipinski definition) is 0. The molecule has 46 heavy (non-hydrogen) atoms. The molecule has 5 atom stereocenters. The predicted molar refractivity (Wildman–Crippen MR) is 169 cm³/mol. The summed E-state index contributed by atoms with van der Waals surface area (Å²) in [5, 5.41) is 20.1. The summed E-state index contributed by atoms with van der Waals surface area (Å²) in [4.78, 5) is 33.2. The molecular formula is C30H38FN8O6P. The Bertz CT molecular complexity index is 1760. The van der Waals surface area contributed by atoms with E-state index in [0.29, 0.717) is 25.2 Å². The van der Waals surface area contributed by atoms with Crippen molar-refractivity contribution in [3.05, 3.63) is 69.0 Å². The lowest BCUT2D eigenvalue weighted by Crippen LogP contribution is -2.37. The fourth-order valence-electron chi connectivity index (χ4n) is 5.67. The molecule has 0 bridgehead atoms. The van der Waals surface area contributed by atoms with Gasteiger partial charge in [-0.25, -0.2) is 18.4 Å². The average Bonchev–Trinajstić information content (AvgIpc) is 3.72. The number of rotatable bonds is 14. The van der Waals surface area contributed by atoms with Crippen LogP contribution in [0.4, 0.5) is 10.1 Å². The number of halogens is 1. The van der Waals surface area contributed by atoms with Crippen molar-refractivity contribution in [2.75, 3.05) is 6.61 Å². The minimum Gasteiger partial charge on any atom is -0.349 e. The number of nitro benzene ring substituents is 1. The lowest BCUT2D eigenvalue weighted by Gasteiger charge is -2.37. The van der Waals surface area contributed by atoms with E-state index in [1.165, 1.54) is 22.9 Å². The van der Waals surface area contributed by atoms with Crippen molar-refractivity contribution in [2.45, 2.75) is 97.1 Å². The van der Waals surface area contributed by atoms with Crippen LogP contribution in [0.25, 0.3) is 16.9 Å². The number of nitriles is 1. The molecule has 0 radical (unpaired) electrons. The normalized spacial score (nSPS) is 20.8. The van der Waals surface area contributed by atoms with E-state index < -0.39 is 38.1 Å². The van der Waals surface area contributed by atoms with Gasteiger partial charge in [0.25, 0.3) is 19.8 Å². The topological polar surface area (TPSA) is 155 Å². The van der Waals surface area contributed by atoms with Gasteiger partial charge in [-0.05, 0) is 46.1 Å². The van der Waals surface area contributed by atoms with E-state index in [1.807, 2.05) is 39.3 Å². The molecule has 1 aliphatic heterocycles. The lowest BCUT2D eigenvalue weighted by molar-refractivity contribution is -0.384. The lowest BCUT2D eigenvalue weighted by atomic mass is 10.1. The van der Waals surface area contributed by atoms with Gasteiger partial charge >= 0.3 is 0 Å². The Hall–Kier alpha value is -3.80. The standard InChI is InChI=1S/C30H38FN8O6P/c1-6-23-24(31)26(45-46(43-17-7-13-32)38(19(2)3)20(4)5)29(44-23)37-18-33-25-27(37)34-30-35(15-16-36(30)28(25)40)14-12-21-8-10-22(11-9-21)39(41)42/h8-11,15-16,18-20,23-24,26,29H,6-7,12,14,17H2,1-5H3/t23-,24-,26-,29-,46?/m1/s1. The van der Waals surface area contributed by atoms with Gasteiger partial charge in [-0.15, -0.1) is 0 Å². The molecule has 1 aromatic carbocycles. The molecule has 1 aliphatic rings. The van der Waals surface area contributed by atoms with Crippen LogP contribution in [-0.4, -0.2) is 70.2 Å². The van der Waals surface area contributed by atoms with Crippen LogP contribution < -0.4 is 5.56 Å². The van der Waals surface area contributed by atoms with Gasteiger partial charge in [-0.3, -0.25) is 19.5 Å². The van der Waals surface area contributed by atoms with Crippen molar-refractivity contribution in [3.63, 3.8) is 0 Å². The van der Waals surface area contributed by atoms with Crippen LogP contribution in [-0.2, 0) is 26.7 Å². The Morgan fingerprint density at radius 2 is 1.93 bits per heavy atom. The zero-order valence-corrected chi connectivity index (χ0v) is 27.3. The second-order valence-electron chi connectivity index (χ2n) is 11.6. The third kappa shape index (κ3) is 6.67. The average molecular weight is 657 g/mol. The van der Waals surface area contributed by atoms with E-state index in [0.717, 1.165) is 5.56 Å². The van der Waals surface area contributed by atoms with Crippen molar-refractivity contribution in [2.24, 2.45) is 0 Å². The Balaban J connectivity index is 1.49. The number of nitro groups is 1. The van der Waals surface area contributed by atoms with Crippen molar-refractivity contribution in [1.82, 2.24) is 28.2 Å². The summed E-state index contributed by atoms with van der Waals surface area (Å²) in [5.41, 5.74) is 0.831. The minimum absolute atomic E-state index is 0.0110. The summed E-state index contributed by atoms with van der Waals surface area (Å²) in [6.45, 7) is 10.4. The highest BCUT2D eigenvalue weighted by Crippen LogP contribution is 2.51. The first kappa shape index (κ1) is 33.6. The van der Waals surface area contributed by atoms with Gasteiger partial charge in [-0.2, -0.15) is 10.2 Å². The molecule has 1 saturated heterocycles. The molecule has 0 N–H and O–H groups in total. The smallest absolute Gasteiger partial charge is 0.287 e. The number of hydrogen-bond acceptors (Lipinski definition) is 10. The molecule has 0 amide bonds. The largest absolute Gasteiger partial charge is 0.349 e. The Morgan fingerprint density at radius 3 is 2.57 bits per heavy atom. The van der Waals surface area contributed by atoms with Crippen LogP contribution in [0.15, 0.2) is 47.8 Å². The van der Waals surface area contributed by atoms with E-state index >= 15 is 4.39 Å². The quantitative estimate of drug-likeness (QED) is 0.0755. The maximum Gasteiger partial charge on any atom is 0.287 e. The number of imidazole rings is 2. The van der Waals surface area contributed by atoms with Crippen LogP contribution in [0.1, 0.15) is 59.3 Å². The fourth-order valence-corrected chi connectivity index (χ4v) is 7.40. The van der Waals surface area contributed by atoms with Crippen molar-refractivity contribution >= 4 is 31.2 Å². The Kier molecular flexibility index (Phi) is 10.4. The summed E-state index contributed by atoms with van der Waals surface area (Å²) < 4.78 is 41.6. The SMILES string of the molecule is CC[C@H]1O[C@@H](n2cnc3c(=O)n4ccn(CCc5ccc([N+](=O)[O-])cc5)c4nc32)[C@H](OP(OCCC#N)N(C(C)C)C(C)C)[C@@H]1F. The molecule has 14 nitrogen and oxygen atoms in total. The summed E-state index contributed by atoms with van der Waals surface area (Å²) in [6, 6.07) is 8.40. The number of aryl methyl sites for hydroxylation is 2. The zero-order valence-electron chi connectivity index (χ0n) is 26.4. The highest BCUT2D eigenvalue weighted by Gasteiger charge is 2.49. The molecule has 0 spiro atoms. The number of aromatic nitrogens is 5. The predicted octanol–water partition coefficient (Wildman–Crippen LogP) is 5.30. The third-order valence-corrected chi connectivity index (χ3v) is 9.99. The van der Waals surface area contributed by atoms with Gasteiger partial charge in [0.2, 0.25) is 5.78 Å². The first-order valence-electron chi connectivity index (χ1n) is 15.3. The van der Waals surface area contributed by atoms with E-state index in [1.54, 1.807) is 33.7 Å². The number of ether oxygens (including phenoxy) is 1. The maximum atomic E-state index is 16.1. The molecule has 246 valence electrons. The van der Waals surface area contributed by atoms with Crippen molar-refractivity contribution < 1.29 is 23.1 Å². The second-order valence-corrected chi connectivity index (χ2v) is 13.0. The van der Waals surface area contributed by atoms with Gasteiger partial charge in [0.15, 0.2) is 23.6 Å². The zero-order chi connectivity index (χ0) is 33.1. The molecular weight excluding hydrogens is 618 g/mol. The van der Waals surface area contributed by atoms with Gasteiger partial charge in [0, 0.05) is 43.2 Å². The van der Waals surface area contributed by atoms with Crippen molar-refractivity contribution in [3.8, 4) is 6.07 Å². The Morgan fingerprint density at radius 1 is 1.22 bits per heavy atom. The molecule has 3 aromatic heterocycles. The molecule has 16 heteroatoms. The summed E-state index contributed by atoms with van der Waals surface area (Å²) in [6.07, 6.45) is 1.48. The van der Waals surface area contributed by atoms with Crippen LogP contribution in [0.5, 0.6) is 0 Å². The molecule has 5 rings (SSSR count).